The number of ether oxygens (including phenoxy) is 1. The van der Waals surface area contributed by atoms with E-state index in [1.165, 1.54) is 23.5 Å². The third-order valence-electron chi connectivity index (χ3n) is 5.69. The average molecular weight is 465 g/mol. The van der Waals surface area contributed by atoms with Crippen LogP contribution in [0.5, 0.6) is 0 Å². The third-order valence-corrected chi connectivity index (χ3v) is 7.62. The Morgan fingerprint density at radius 1 is 1.00 bits per heavy atom. The van der Waals surface area contributed by atoms with Crippen LogP contribution in [0, 0.1) is 6.92 Å². The molecule has 4 rings (SSSR count). The Balaban J connectivity index is 1.61. The van der Waals surface area contributed by atoms with Crippen molar-refractivity contribution in [1.29, 1.82) is 0 Å². The van der Waals surface area contributed by atoms with E-state index in [0.29, 0.717) is 28.9 Å². The van der Waals surface area contributed by atoms with Crippen LogP contribution >= 0.6 is 0 Å². The maximum atomic E-state index is 13.5. The number of anilines is 2. The minimum atomic E-state index is -3.85. The zero-order valence-electron chi connectivity index (χ0n) is 18.5. The van der Waals surface area contributed by atoms with E-state index >= 15 is 0 Å². The molecule has 1 atom stereocenters. The fourth-order valence-electron chi connectivity index (χ4n) is 4.06. The highest BCUT2D eigenvalue weighted by molar-refractivity contribution is 7.92. The van der Waals surface area contributed by atoms with Gasteiger partial charge in [-0.2, -0.15) is 0 Å². The second kappa shape index (κ2) is 8.71. The number of amides is 1. The molecule has 1 heterocycles. The second-order valence-electron chi connectivity index (χ2n) is 7.99. The second-order valence-corrected chi connectivity index (χ2v) is 9.80. The van der Waals surface area contributed by atoms with Crippen LogP contribution in [-0.4, -0.2) is 33.4 Å². The van der Waals surface area contributed by atoms with Gasteiger partial charge >= 0.3 is 5.97 Å². The summed E-state index contributed by atoms with van der Waals surface area (Å²) in [5, 5.41) is 2.78. The van der Waals surface area contributed by atoms with Gasteiger partial charge in [0.1, 0.15) is 0 Å². The molecule has 33 heavy (non-hydrogen) atoms. The van der Waals surface area contributed by atoms with E-state index in [2.05, 4.69) is 5.32 Å². The van der Waals surface area contributed by atoms with Crippen molar-refractivity contribution < 1.29 is 22.7 Å². The number of para-hydroxylation sites is 1. The predicted molar refractivity (Wildman–Crippen MR) is 126 cm³/mol. The number of rotatable bonds is 5. The highest BCUT2D eigenvalue weighted by Gasteiger charge is 2.36. The van der Waals surface area contributed by atoms with Gasteiger partial charge in [-0.25, -0.2) is 13.2 Å². The molecule has 1 unspecified atom stereocenters. The van der Waals surface area contributed by atoms with Gasteiger partial charge in [0, 0.05) is 17.3 Å². The van der Waals surface area contributed by atoms with Crippen molar-refractivity contribution in [3.63, 3.8) is 0 Å². The fourth-order valence-corrected chi connectivity index (χ4v) is 5.80. The normalized spacial score (nSPS) is 15.1. The van der Waals surface area contributed by atoms with Gasteiger partial charge in [0.15, 0.2) is 0 Å². The molecule has 1 aliphatic heterocycles. The lowest BCUT2D eigenvalue weighted by Gasteiger charge is -2.24. The molecule has 0 bridgehead atoms. The molecule has 1 N–H and O–H groups in total. The Morgan fingerprint density at radius 3 is 2.48 bits per heavy atom. The molecular formula is C25H24N2O5S. The smallest absolute Gasteiger partial charge is 0.337 e. The number of hydrogen-bond donors (Lipinski definition) is 1. The average Bonchev–Trinajstić information content (AvgIpc) is 3.16. The minimum Gasteiger partial charge on any atom is -0.465 e. The first-order chi connectivity index (χ1) is 15.7. The van der Waals surface area contributed by atoms with Gasteiger partial charge in [0.25, 0.3) is 15.9 Å². The first-order valence-corrected chi connectivity index (χ1v) is 11.9. The van der Waals surface area contributed by atoms with Gasteiger partial charge in [-0.05, 0) is 73.9 Å². The van der Waals surface area contributed by atoms with Crippen LogP contribution in [0.15, 0.2) is 71.6 Å². The van der Waals surface area contributed by atoms with Crippen molar-refractivity contribution >= 4 is 33.3 Å². The van der Waals surface area contributed by atoms with Gasteiger partial charge in [0.05, 0.1) is 23.3 Å². The van der Waals surface area contributed by atoms with E-state index in [1.807, 2.05) is 25.1 Å². The number of methoxy groups -OCH3 is 1. The topological polar surface area (TPSA) is 92.8 Å². The number of nitrogens with zero attached hydrogens (tertiary/aromatic N) is 1. The monoisotopic (exact) mass is 464 g/mol. The van der Waals surface area contributed by atoms with E-state index in [1.54, 1.807) is 43.3 Å². The Kier molecular flexibility index (Phi) is 5.95. The van der Waals surface area contributed by atoms with E-state index in [0.717, 1.165) is 5.56 Å². The summed E-state index contributed by atoms with van der Waals surface area (Å²) in [5.74, 6) is -0.914. The molecule has 1 aliphatic rings. The van der Waals surface area contributed by atoms with E-state index in [-0.39, 0.29) is 16.5 Å². The zero-order valence-corrected chi connectivity index (χ0v) is 19.3. The Labute approximate surface area is 193 Å². The van der Waals surface area contributed by atoms with Crippen molar-refractivity contribution in [1.82, 2.24) is 0 Å². The van der Waals surface area contributed by atoms with Gasteiger partial charge in [-0.1, -0.05) is 24.3 Å². The standard InChI is InChI=1S/C25H24N2O5S/c1-16-13-20(25(29)32-3)11-12-22(16)26-24(28)19-8-6-9-21(15-19)33(30,31)27-17(2)14-18-7-4-5-10-23(18)27/h4-13,15,17H,14H2,1-3H3,(H,26,28). The molecule has 8 heteroatoms. The molecule has 0 radical (unpaired) electrons. The van der Waals surface area contributed by atoms with Crippen LogP contribution in [0.2, 0.25) is 0 Å². The summed E-state index contributed by atoms with van der Waals surface area (Å²) in [6.45, 7) is 3.63. The number of esters is 1. The number of carbonyl (C=O) groups is 2. The Hall–Kier alpha value is -3.65. The molecule has 7 nitrogen and oxygen atoms in total. The van der Waals surface area contributed by atoms with Gasteiger partial charge < -0.3 is 10.1 Å². The number of fused-ring (bicyclic) bond motifs is 1. The van der Waals surface area contributed by atoms with Crippen molar-refractivity contribution in [3.05, 3.63) is 89.0 Å². The molecule has 0 saturated heterocycles. The number of benzene rings is 3. The highest BCUT2D eigenvalue weighted by Crippen LogP contribution is 2.36. The number of aryl methyl sites for hydroxylation is 1. The van der Waals surface area contributed by atoms with Crippen molar-refractivity contribution in [3.8, 4) is 0 Å². The zero-order chi connectivity index (χ0) is 23.8. The van der Waals surface area contributed by atoms with Crippen LogP contribution in [0.4, 0.5) is 11.4 Å². The van der Waals surface area contributed by atoms with Crippen LogP contribution in [-0.2, 0) is 21.2 Å². The van der Waals surface area contributed by atoms with Crippen LogP contribution in [0.1, 0.15) is 38.8 Å². The highest BCUT2D eigenvalue weighted by atomic mass is 32.2. The SMILES string of the molecule is COC(=O)c1ccc(NC(=O)c2cccc(S(=O)(=O)N3c4ccccc4CC3C)c2)c(C)c1. The summed E-state index contributed by atoms with van der Waals surface area (Å²) in [6, 6.07) is 18.0. The summed E-state index contributed by atoms with van der Waals surface area (Å²) < 4.78 is 33.1. The predicted octanol–water partition coefficient (Wildman–Crippen LogP) is 4.17. The van der Waals surface area contributed by atoms with Gasteiger partial charge in [0.2, 0.25) is 0 Å². The molecule has 0 aliphatic carbocycles. The first kappa shape index (κ1) is 22.5. The summed E-state index contributed by atoms with van der Waals surface area (Å²) >= 11 is 0. The van der Waals surface area contributed by atoms with Crippen LogP contribution in [0.3, 0.4) is 0 Å². The molecule has 170 valence electrons. The van der Waals surface area contributed by atoms with Crippen molar-refractivity contribution in [2.45, 2.75) is 31.2 Å². The van der Waals surface area contributed by atoms with Gasteiger partial charge in [-0.3, -0.25) is 9.10 Å². The van der Waals surface area contributed by atoms with E-state index in [9.17, 15) is 18.0 Å². The molecular weight excluding hydrogens is 440 g/mol. The third kappa shape index (κ3) is 4.21. The molecule has 1 amide bonds. The number of hydrogen-bond acceptors (Lipinski definition) is 5. The largest absolute Gasteiger partial charge is 0.465 e. The van der Waals surface area contributed by atoms with E-state index < -0.39 is 21.9 Å². The molecule has 0 saturated carbocycles. The lowest BCUT2D eigenvalue weighted by molar-refractivity contribution is 0.0600. The molecule has 3 aromatic rings. The fraction of sp³-hybridized carbons (Fsp3) is 0.200. The Bertz CT molecular complexity index is 1350. The van der Waals surface area contributed by atoms with Crippen molar-refractivity contribution in [2.75, 3.05) is 16.7 Å². The molecule has 0 aromatic heterocycles. The van der Waals surface area contributed by atoms with Crippen LogP contribution in [0.25, 0.3) is 0 Å². The number of sulfonamides is 1. The first-order valence-electron chi connectivity index (χ1n) is 10.4. The summed E-state index contributed by atoms with van der Waals surface area (Å²) in [4.78, 5) is 24.6. The molecule has 0 fully saturated rings. The van der Waals surface area contributed by atoms with Gasteiger partial charge in [-0.15, -0.1) is 0 Å². The molecule has 3 aromatic carbocycles. The number of carbonyl (C=O) groups excluding carboxylic acids is 2. The minimum absolute atomic E-state index is 0.0523. The van der Waals surface area contributed by atoms with Crippen LogP contribution < -0.4 is 9.62 Å². The van der Waals surface area contributed by atoms with Crippen molar-refractivity contribution in [2.24, 2.45) is 0 Å². The summed E-state index contributed by atoms with van der Waals surface area (Å²) in [6.07, 6.45) is 0.635. The maximum Gasteiger partial charge on any atom is 0.337 e. The summed E-state index contributed by atoms with van der Waals surface area (Å²) in [7, 11) is -2.55. The van der Waals surface area contributed by atoms with E-state index in [4.69, 9.17) is 4.74 Å². The molecule has 0 spiro atoms. The number of nitrogens with one attached hydrogen (secondary N) is 1. The Morgan fingerprint density at radius 2 is 1.76 bits per heavy atom. The maximum absolute atomic E-state index is 13.5. The quantitative estimate of drug-likeness (QED) is 0.572. The lowest BCUT2D eigenvalue weighted by atomic mass is 10.1. The summed E-state index contributed by atoms with van der Waals surface area (Å²) in [5.41, 5.74) is 3.43. The lowest BCUT2D eigenvalue weighted by Crippen LogP contribution is -2.35.